The molecule has 1 aromatic heterocycles. The monoisotopic (exact) mass is 433 g/mol. The van der Waals surface area contributed by atoms with Crippen LogP contribution < -0.4 is 10.2 Å². The highest BCUT2D eigenvalue weighted by molar-refractivity contribution is 7.14. The quantitative estimate of drug-likeness (QED) is 0.172. The Morgan fingerprint density at radius 1 is 1.00 bits per heavy atom. The van der Waals surface area contributed by atoms with Crippen molar-refractivity contribution in [2.45, 2.75) is 0 Å². The van der Waals surface area contributed by atoms with Crippen molar-refractivity contribution in [3.05, 3.63) is 100 Å². The van der Waals surface area contributed by atoms with Crippen LogP contribution in [0.4, 0.5) is 5.13 Å². The minimum atomic E-state index is -0.437. The van der Waals surface area contributed by atoms with Crippen LogP contribution in [0, 0.1) is 0 Å². The van der Waals surface area contributed by atoms with Gasteiger partial charge in [0.2, 0.25) is 5.13 Å². The summed E-state index contributed by atoms with van der Waals surface area (Å²) in [5, 5.41) is 7.48. The zero-order valence-corrected chi connectivity index (χ0v) is 17.2. The molecule has 0 amide bonds. The molecule has 0 aliphatic heterocycles. The van der Waals surface area contributed by atoms with E-state index in [1.54, 1.807) is 42.6 Å². The largest absolute Gasteiger partial charge is 0.423 e. The summed E-state index contributed by atoms with van der Waals surface area (Å²) in [6, 6.07) is 23.6. The molecule has 0 atom stereocenters. The maximum atomic E-state index is 12.1. The van der Waals surface area contributed by atoms with Gasteiger partial charge in [0.1, 0.15) is 5.75 Å². The lowest BCUT2D eigenvalue weighted by Crippen LogP contribution is -2.08. The number of hydrogen-bond acceptors (Lipinski definition) is 6. The number of esters is 1. The first-order valence-corrected chi connectivity index (χ1v) is 10.3. The fourth-order valence-corrected chi connectivity index (χ4v) is 3.40. The summed E-state index contributed by atoms with van der Waals surface area (Å²) in [6.45, 7) is 0. The number of benzene rings is 3. The molecule has 0 aliphatic rings. The van der Waals surface area contributed by atoms with Crippen LogP contribution >= 0.6 is 22.9 Å². The normalized spacial score (nSPS) is 10.8. The number of nitrogens with one attached hydrogen (secondary N) is 1. The fourth-order valence-electron chi connectivity index (χ4n) is 2.60. The van der Waals surface area contributed by atoms with Crippen molar-refractivity contribution in [3.8, 4) is 17.0 Å². The molecule has 0 radical (unpaired) electrons. The number of anilines is 1. The molecule has 0 fully saturated rings. The van der Waals surface area contributed by atoms with Crippen LogP contribution in [-0.2, 0) is 0 Å². The van der Waals surface area contributed by atoms with E-state index in [4.69, 9.17) is 16.3 Å². The molecule has 148 valence electrons. The summed E-state index contributed by atoms with van der Waals surface area (Å²) in [6.07, 6.45) is 1.67. The summed E-state index contributed by atoms with van der Waals surface area (Å²) in [7, 11) is 0. The number of rotatable bonds is 6. The summed E-state index contributed by atoms with van der Waals surface area (Å²) < 4.78 is 5.36. The number of thiazole rings is 1. The zero-order chi connectivity index (χ0) is 20.8. The van der Waals surface area contributed by atoms with Gasteiger partial charge >= 0.3 is 5.97 Å². The second-order valence-electron chi connectivity index (χ2n) is 6.24. The van der Waals surface area contributed by atoms with Crippen LogP contribution in [0.5, 0.6) is 5.75 Å². The Balaban J connectivity index is 1.33. The van der Waals surface area contributed by atoms with Crippen molar-refractivity contribution >= 4 is 40.3 Å². The highest BCUT2D eigenvalue weighted by Gasteiger charge is 2.08. The number of halogens is 1. The fraction of sp³-hybridized carbons (Fsp3) is 0. The number of ether oxygens (including phenoxy) is 1. The van der Waals surface area contributed by atoms with Crippen molar-refractivity contribution in [2.75, 3.05) is 5.43 Å². The molecule has 7 heteroatoms. The molecular formula is C23H16ClN3O2S. The first-order chi connectivity index (χ1) is 14.7. The van der Waals surface area contributed by atoms with E-state index in [0.717, 1.165) is 16.8 Å². The Morgan fingerprint density at radius 3 is 2.47 bits per heavy atom. The lowest BCUT2D eigenvalue weighted by atomic mass is 10.2. The predicted molar refractivity (Wildman–Crippen MR) is 122 cm³/mol. The van der Waals surface area contributed by atoms with E-state index in [2.05, 4.69) is 15.5 Å². The Labute approximate surface area is 182 Å². The summed E-state index contributed by atoms with van der Waals surface area (Å²) in [5.74, 6) is 0.0141. The third-order valence-corrected chi connectivity index (χ3v) is 5.12. The average molecular weight is 434 g/mol. The van der Waals surface area contributed by atoms with Gasteiger partial charge in [-0.25, -0.2) is 9.78 Å². The number of aromatic nitrogens is 1. The minimum Gasteiger partial charge on any atom is -0.423 e. The van der Waals surface area contributed by atoms with Gasteiger partial charge in [-0.3, -0.25) is 5.43 Å². The molecule has 0 saturated heterocycles. The van der Waals surface area contributed by atoms with Crippen LogP contribution in [0.3, 0.4) is 0 Å². The van der Waals surface area contributed by atoms with E-state index in [1.807, 2.05) is 47.8 Å². The van der Waals surface area contributed by atoms with E-state index in [-0.39, 0.29) is 0 Å². The van der Waals surface area contributed by atoms with E-state index >= 15 is 0 Å². The van der Waals surface area contributed by atoms with Gasteiger partial charge < -0.3 is 4.74 Å². The first-order valence-electron chi connectivity index (χ1n) is 9.05. The molecule has 0 spiro atoms. The third-order valence-electron chi connectivity index (χ3n) is 4.12. The van der Waals surface area contributed by atoms with E-state index < -0.39 is 5.97 Å². The van der Waals surface area contributed by atoms with Crippen molar-refractivity contribution in [3.63, 3.8) is 0 Å². The first kappa shape index (κ1) is 19.8. The van der Waals surface area contributed by atoms with Crippen molar-refractivity contribution < 1.29 is 9.53 Å². The molecule has 0 unspecified atom stereocenters. The van der Waals surface area contributed by atoms with Gasteiger partial charge in [-0.05, 0) is 54.1 Å². The second kappa shape index (κ2) is 9.35. The maximum Gasteiger partial charge on any atom is 0.343 e. The molecule has 1 heterocycles. The Kier molecular flexibility index (Phi) is 6.17. The summed E-state index contributed by atoms with van der Waals surface area (Å²) >= 11 is 7.32. The van der Waals surface area contributed by atoms with E-state index in [0.29, 0.717) is 21.5 Å². The SMILES string of the molecule is O=C(Oc1ccc(/C=N\Nc2nc(-c3ccccc3)cs2)cc1)c1ccc(Cl)cc1. The number of hydrazone groups is 1. The molecule has 1 N–H and O–H groups in total. The third kappa shape index (κ3) is 5.11. The van der Waals surface area contributed by atoms with Gasteiger partial charge in [-0.15, -0.1) is 11.3 Å². The van der Waals surface area contributed by atoms with Crippen LogP contribution in [0.2, 0.25) is 5.02 Å². The number of nitrogens with zero attached hydrogens (tertiary/aromatic N) is 2. The van der Waals surface area contributed by atoms with Gasteiger partial charge in [0.15, 0.2) is 0 Å². The number of carbonyl (C=O) groups excluding carboxylic acids is 1. The van der Waals surface area contributed by atoms with Gasteiger partial charge in [-0.2, -0.15) is 5.10 Å². The molecule has 0 aliphatic carbocycles. The lowest BCUT2D eigenvalue weighted by Gasteiger charge is -2.04. The Morgan fingerprint density at radius 2 is 1.73 bits per heavy atom. The van der Waals surface area contributed by atoms with Crippen molar-refractivity contribution in [2.24, 2.45) is 5.10 Å². The minimum absolute atomic E-state index is 0.437. The molecule has 4 rings (SSSR count). The van der Waals surface area contributed by atoms with Crippen molar-refractivity contribution in [1.82, 2.24) is 4.98 Å². The standard InChI is InChI=1S/C23H16ClN3O2S/c24-19-10-8-18(9-11-19)22(28)29-20-12-6-16(7-13-20)14-25-27-23-26-21(15-30-23)17-4-2-1-3-5-17/h1-15H,(H,26,27)/b25-14-. The van der Waals surface area contributed by atoms with Crippen molar-refractivity contribution in [1.29, 1.82) is 0 Å². The molecular weight excluding hydrogens is 418 g/mol. The maximum absolute atomic E-state index is 12.1. The number of hydrogen-bond donors (Lipinski definition) is 1. The molecule has 3 aromatic carbocycles. The molecule has 4 aromatic rings. The van der Waals surface area contributed by atoms with Gasteiger partial charge in [0.25, 0.3) is 0 Å². The van der Waals surface area contributed by atoms with Crippen LogP contribution in [0.1, 0.15) is 15.9 Å². The average Bonchev–Trinajstić information content (AvgIpc) is 3.25. The highest BCUT2D eigenvalue weighted by Crippen LogP contribution is 2.24. The van der Waals surface area contributed by atoms with Gasteiger partial charge in [-0.1, -0.05) is 41.9 Å². The van der Waals surface area contributed by atoms with E-state index in [9.17, 15) is 4.79 Å². The Bertz CT molecular complexity index is 1160. The molecule has 30 heavy (non-hydrogen) atoms. The van der Waals surface area contributed by atoms with Gasteiger partial charge in [0, 0.05) is 16.0 Å². The summed E-state index contributed by atoms with van der Waals surface area (Å²) in [4.78, 5) is 16.7. The predicted octanol–water partition coefficient (Wildman–Crippen LogP) is 6.13. The van der Waals surface area contributed by atoms with Crippen LogP contribution in [0.15, 0.2) is 89.3 Å². The zero-order valence-electron chi connectivity index (χ0n) is 15.7. The lowest BCUT2D eigenvalue weighted by molar-refractivity contribution is 0.0735. The van der Waals surface area contributed by atoms with E-state index in [1.165, 1.54) is 11.3 Å². The van der Waals surface area contributed by atoms with Crippen LogP contribution in [0.25, 0.3) is 11.3 Å². The molecule has 5 nitrogen and oxygen atoms in total. The Hall–Kier alpha value is -3.48. The molecule has 0 saturated carbocycles. The van der Waals surface area contributed by atoms with Gasteiger partial charge in [0.05, 0.1) is 17.5 Å². The summed E-state index contributed by atoms with van der Waals surface area (Å²) in [5.41, 5.74) is 6.20. The second-order valence-corrected chi connectivity index (χ2v) is 7.53. The number of carbonyl (C=O) groups is 1. The smallest absolute Gasteiger partial charge is 0.343 e. The van der Waals surface area contributed by atoms with Crippen LogP contribution in [-0.4, -0.2) is 17.2 Å². The highest BCUT2D eigenvalue weighted by atomic mass is 35.5. The topological polar surface area (TPSA) is 63.6 Å². The molecule has 0 bridgehead atoms.